The van der Waals surface area contributed by atoms with Crippen molar-refractivity contribution in [2.75, 3.05) is 0 Å². The lowest BCUT2D eigenvalue weighted by Crippen LogP contribution is -2.15. The maximum Gasteiger partial charge on any atom is 0.160 e. The van der Waals surface area contributed by atoms with Crippen LogP contribution in [0.15, 0.2) is 180 Å². The van der Waals surface area contributed by atoms with Crippen LogP contribution in [0.5, 0.6) is 0 Å². The quantitative estimate of drug-likeness (QED) is 0.181. The minimum absolute atomic E-state index is 0.239. The van der Waals surface area contributed by atoms with E-state index in [4.69, 9.17) is 14.4 Å². The Balaban J connectivity index is 0.958. The molecule has 0 amide bonds. The van der Waals surface area contributed by atoms with Crippen molar-refractivity contribution in [3.05, 3.63) is 187 Å². The zero-order valence-corrected chi connectivity index (χ0v) is 31.5. The molecule has 4 heteroatoms. The van der Waals surface area contributed by atoms with Crippen molar-refractivity contribution in [1.29, 1.82) is 0 Å². The molecule has 3 heterocycles. The highest BCUT2D eigenvalue weighted by atomic mass is 16.3. The summed E-state index contributed by atoms with van der Waals surface area (Å²) in [6.45, 7) is 4.69. The number of fused-ring (bicyclic) bond motifs is 10. The van der Waals surface area contributed by atoms with Gasteiger partial charge in [0.1, 0.15) is 11.2 Å². The van der Waals surface area contributed by atoms with Crippen LogP contribution in [-0.2, 0) is 5.41 Å². The molecule has 1 aliphatic carbocycles. The fourth-order valence-electron chi connectivity index (χ4n) is 9.36. The van der Waals surface area contributed by atoms with Crippen molar-refractivity contribution in [3.8, 4) is 50.6 Å². The Morgan fingerprint density at radius 3 is 1.96 bits per heavy atom. The third-order valence-electron chi connectivity index (χ3n) is 12.2. The molecule has 0 N–H and O–H groups in total. The highest BCUT2D eigenvalue weighted by Crippen LogP contribution is 2.51. The maximum absolute atomic E-state index is 6.27. The minimum Gasteiger partial charge on any atom is -0.456 e. The molecule has 0 fully saturated rings. The van der Waals surface area contributed by atoms with Crippen LogP contribution in [0.25, 0.3) is 105 Å². The van der Waals surface area contributed by atoms with Gasteiger partial charge in [-0.2, -0.15) is 0 Å². The molecule has 1 aliphatic rings. The monoisotopic (exact) mass is 729 g/mol. The van der Waals surface area contributed by atoms with E-state index in [1.54, 1.807) is 0 Å². The molecule has 8 aromatic carbocycles. The fourth-order valence-corrected chi connectivity index (χ4v) is 9.36. The predicted octanol–water partition coefficient (Wildman–Crippen LogP) is 13.9. The van der Waals surface area contributed by atoms with Gasteiger partial charge in [-0.1, -0.05) is 129 Å². The van der Waals surface area contributed by atoms with Crippen molar-refractivity contribution < 1.29 is 4.42 Å². The van der Waals surface area contributed by atoms with Crippen LogP contribution in [0.3, 0.4) is 0 Å². The number of rotatable bonds is 4. The van der Waals surface area contributed by atoms with Gasteiger partial charge < -0.3 is 8.98 Å². The summed E-state index contributed by atoms with van der Waals surface area (Å²) in [4.78, 5) is 10.3. The van der Waals surface area contributed by atoms with E-state index in [9.17, 15) is 0 Å². The van der Waals surface area contributed by atoms with Crippen molar-refractivity contribution in [3.63, 3.8) is 0 Å². The van der Waals surface area contributed by atoms with Gasteiger partial charge in [-0.3, -0.25) is 0 Å². The van der Waals surface area contributed by atoms with E-state index < -0.39 is 0 Å². The highest BCUT2D eigenvalue weighted by Gasteiger charge is 2.36. The van der Waals surface area contributed by atoms with Crippen molar-refractivity contribution in [2.45, 2.75) is 19.3 Å². The lowest BCUT2D eigenvalue weighted by molar-refractivity contribution is 0.660. The molecule has 57 heavy (non-hydrogen) atoms. The number of aromatic nitrogens is 3. The van der Waals surface area contributed by atoms with Gasteiger partial charge in [0.25, 0.3) is 0 Å². The number of benzene rings is 8. The lowest BCUT2D eigenvalue weighted by Gasteiger charge is -2.23. The first-order chi connectivity index (χ1) is 28.0. The third kappa shape index (κ3) is 4.74. The van der Waals surface area contributed by atoms with E-state index in [1.165, 1.54) is 49.6 Å². The standard InChI is InChI=1S/C53H35N3O/c1-53(2)44-29-35(52-54-46-17-9-6-16-42(46)51(55-52)32-12-4-3-5-13-32)21-24-37(44)38-26-23-36(31-45(38)53)56-47-18-10-7-14-39(47)43-28-33(22-27-48(43)56)34-20-25-41-40-15-8-11-19-49(40)57-50(41)30-34/h3-31H,1-2H3. The number of para-hydroxylation sites is 3. The minimum atomic E-state index is -0.239. The van der Waals surface area contributed by atoms with Gasteiger partial charge >= 0.3 is 0 Å². The van der Waals surface area contributed by atoms with E-state index >= 15 is 0 Å². The average Bonchev–Trinajstić information content (AvgIpc) is 3.88. The lowest BCUT2D eigenvalue weighted by atomic mass is 9.81. The summed E-state index contributed by atoms with van der Waals surface area (Å²) >= 11 is 0. The SMILES string of the molecule is CC1(C)c2cc(-c3nc(-c4ccccc4)c4ccccc4n3)ccc2-c2ccc(-n3c4ccccc4c4cc(-c5ccc6c(c5)oc5ccccc56)ccc43)cc21. The Bertz CT molecular complexity index is 3440. The number of hydrogen-bond donors (Lipinski definition) is 0. The second-order valence-corrected chi connectivity index (χ2v) is 15.8. The normalized spacial score (nSPS) is 13.2. The summed E-state index contributed by atoms with van der Waals surface area (Å²) in [7, 11) is 0. The van der Waals surface area contributed by atoms with Crippen LogP contribution in [0.2, 0.25) is 0 Å². The van der Waals surface area contributed by atoms with Crippen LogP contribution < -0.4 is 0 Å². The molecular weight excluding hydrogens is 695 g/mol. The second kappa shape index (κ2) is 11.8. The zero-order chi connectivity index (χ0) is 37.8. The summed E-state index contributed by atoms with van der Waals surface area (Å²) < 4.78 is 8.69. The molecule has 0 atom stereocenters. The number of nitrogens with zero attached hydrogens (tertiary/aromatic N) is 3. The largest absolute Gasteiger partial charge is 0.456 e. The summed E-state index contributed by atoms with van der Waals surface area (Å²) in [5.74, 6) is 0.741. The Morgan fingerprint density at radius 2 is 1.09 bits per heavy atom. The third-order valence-corrected chi connectivity index (χ3v) is 12.2. The molecular formula is C53H35N3O. The Kier molecular flexibility index (Phi) is 6.65. The van der Waals surface area contributed by atoms with Gasteiger partial charge in [-0.15, -0.1) is 0 Å². The highest BCUT2D eigenvalue weighted by molar-refractivity contribution is 6.11. The maximum atomic E-state index is 6.27. The fraction of sp³-hybridized carbons (Fsp3) is 0.0566. The van der Waals surface area contributed by atoms with Crippen molar-refractivity contribution in [1.82, 2.24) is 14.5 Å². The first-order valence-corrected chi connectivity index (χ1v) is 19.6. The molecule has 3 aromatic heterocycles. The smallest absolute Gasteiger partial charge is 0.160 e. The average molecular weight is 730 g/mol. The van der Waals surface area contributed by atoms with E-state index in [2.05, 4.69) is 170 Å². The Labute approximate surface area is 329 Å². The Hall–Kier alpha value is -7.30. The predicted molar refractivity (Wildman–Crippen MR) is 235 cm³/mol. The molecule has 12 rings (SSSR count). The molecule has 0 saturated heterocycles. The number of hydrogen-bond acceptors (Lipinski definition) is 3. The van der Waals surface area contributed by atoms with Crippen LogP contribution in [-0.4, -0.2) is 14.5 Å². The van der Waals surface area contributed by atoms with Gasteiger partial charge in [0.15, 0.2) is 5.82 Å². The zero-order valence-electron chi connectivity index (χ0n) is 31.5. The van der Waals surface area contributed by atoms with E-state index in [1.807, 2.05) is 24.3 Å². The molecule has 0 spiro atoms. The van der Waals surface area contributed by atoms with Crippen LogP contribution in [0, 0.1) is 0 Å². The molecule has 11 aromatic rings. The van der Waals surface area contributed by atoms with E-state index in [0.29, 0.717) is 0 Å². The molecule has 0 radical (unpaired) electrons. The topological polar surface area (TPSA) is 43.9 Å². The van der Waals surface area contributed by atoms with Crippen LogP contribution >= 0.6 is 0 Å². The van der Waals surface area contributed by atoms with Crippen molar-refractivity contribution >= 4 is 54.6 Å². The van der Waals surface area contributed by atoms with E-state index in [0.717, 1.165) is 66.7 Å². The molecule has 4 nitrogen and oxygen atoms in total. The molecule has 0 aliphatic heterocycles. The second-order valence-electron chi connectivity index (χ2n) is 15.8. The molecule has 0 saturated carbocycles. The molecule has 0 bridgehead atoms. The first kappa shape index (κ1) is 32.0. The van der Waals surface area contributed by atoms with Gasteiger partial charge in [0.05, 0.1) is 22.2 Å². The number of furan rings is 1. The Morgan fingerprint density at radius 1 is 0.439 bits per heavy atom. The summed E-state index contributed by atoms with van der Waals surface area (Å²) in [5.41, 5.74) is 16.6. The molecule has 0 unspecified atom stereocenters. The van der Waals surface area contributed by atoms with Gasteiger partial charge in [-0.25, -0.2) is 9.97 Å². The summed E-state index contributed by atoms with van der Waals surface area (Å²) in [6, 6.07) is 62.9. The summed E-state index contributed by atoms with van der Waals surface area (Å²) in [6.07, 6.45) is 0. The van der Waals surface area contributed by atoms with Gasteiger partial charge in [0.2, 0.25) is 0 Å². The van der Waals surface area contributed by atoms with E-state index in [-0.39, 0.29) is 5.41 Å². The first-order valence-electron chi connectivity index (χ1n) is 19.6. The summed E-state index contributed by atoms with van der Waals surface area (Å²) in [5, 5.41) is 5.81. The van der Waals surface area contributed by atoms with Gasteiger partial charge in [0, 0.05) is 49.2 Å². The van der Waals surface area contributed by atoms with Crippen LogP contribution in [0.1, 0.15) is 25.0 Å². The van der Waals surface area contributed by atoms with Gasteiger partial charge in [-0.05, 0) is 94.0 Å². The molecule has 268 valence electrons. The van der Waals surface area contributed by atoms with Crippen LogP contribution in [0.4, 0.5) is 0 Å². The van der Waals surface area contributed by atoms with Crippen molar-refractivity contribution in [2.24, 2.45) is 0 Å².